The molecule has 3 aliphatic heterocycles. The third kappa shape index (κ3) is 8.22. The molecule has 0 unspecified atom stereocenters. The summed E-state index contributed by atoms with van der Waals surface area (Å²) in [5.74, 6) is 0.780. The van der Waals surface area contributed by atoms with Crippen molar-refractivity contribution in [2.75, 3.05) is 51.7 Å². The second kappa shape index (κ2) is 18.3. The highest BCUT2D eigenvalue weighted by atomic mass is 28.4. The second-order valence-corrected chi connectivity index (χ2v) is 23.1. The molecule has 3 fully saturated rings. The molecule has 2 aromatic heterocycles. The molecule has 2 atom stereocenters. The summed E-state index contributed by atoms with van der Waals surface area (Å²) in [6.45, 7) is 12.9. The molecule has 3 aliphatic rings. The number of hydrogen-bond acceptors (Lipinski definition) is 9. The van der Waals surface area contributed by atoms with E-state index in [1.54, 1.807) is 13.3 Å². The third-order valence-electron chi connectivity index (χ3n) is 14.0. The molecule has 9 rings (SSSR count). The minimum absolute atomic E-state index is 0.0760. The number of pyridine rings is 1. The van der Waals surface area contributed by atoms with Crippen LogP contribution < -0.4 is 24.7 Å². The van der Waals surface area contributed by atoms with E-state index in [0.29, 0.717) is 35.7 Å². The Balaban J connectivity index is 1.05. The topological polar surface area (TPSA) is 82.1 Å². The SMILES string of the molecule is CCc1cccc2cc(OCOC)cc(-c3ncc4c(N5CCCCCC5)nc(OC[C@]56CCCN5[C@H](CO[Si](c5ccccc5)(c5ccccc5)C(C)(C)C)CC6)nc4c3F)c12. The minimum atomic E-state index is -2.71. The molecule has 11 heteroatoms. The van der Waals surface area contributed by atoms with Gasteiger partial charge in [-0.2, -0.15) is 9.97 Å². The maximum Gasteiger partial charge on any atom is 0.319 e. The van der Waals surface area contributed by atoms with Crippen LogP contribution in [-0.2, 0) is 15.6 Å². The van der Waals surface area contributed by atoms with Gasteiger partial charge in [0.2, 0.25) is 0 Å². The molecular weight excluding hydrogens is 806 g/mol. The van der Waals surface area contributed by atoms with Crippen LogP contribution in [0, 0.1) is 5.82 Å². The number of anilines is 1. The molecule has 5 heterocycles. The van der Waals surface area contributed by atoms with Crippen LogP contribution in [0.5, 0.6) is 11.8 Å². The van der Waals surface area contributed by atoms with Crippen molar-refractivity contribution in [2.45, 2.75) is 102 Å². The highest BCUT2D eigenvalue weighted by Gasteiger charge is 2.54. The standard InChI is InChI=1S/C52H62FN5O4Si/c1-6-37-19-17-20-38-31-40(61-36-59-5)32-43(45(37)38)47-46(53)48-44(33-54-47)49(57-28-15-7-8-16-29-57)56-50(55-48)60-35-52-26-18-30-58(52)39(25-27-52)34-62-63(51(2,3)4,41-21-11-9-12-22-41)42-23-13-10-14-24-42/h9-14,17,19-24,31-33,39H,6-8,15-16,18,25-30,34-36H2,1-5H3/t39-,52+/m0/s1. The van der Waals surface area contributed by atoms with E-state index in [1.165, 1.54) is 10.4 Å². The maximum atomic E-state index is 17.5. The average molecular weight is 868 g/mol. The summed E-state index contributed by atoms with van der Waals surface area (Å²) in [6, 6.07) is 32.3. The quantitative estimate of drug-likeness (QED) is 0.0786. The summed E-state index contributed by atoms with van der Waals surface area (Å²) >= 11 is 0. The van der Waals surface area contributed by atoms with E-state index in [9.17, 15) is 0 Å². The van der Waals surface area contributed by atoms with Crippen molar-refractivity contribution in [1.29, 1.82) is 0 Å². The van der Waals surface area contributed by atoms with E-state index in [2.05, 4.69) is 104 Å². The van der Waals surface area contributed by atoms with Gasteiger partial charge in [0.05, 0.1) is 17.5 Å². The number of nitrogens with zero attached hydrogens (tertiary/aromatic N) is 5. The first kappa shape index (κ1) is 43.3. The number of hydrogen-bond donors (Lipinski definition) is 0. The summed E-state index contributed by atoms with van der Waals surface area (Å²) in [7, 11) is -1.12. The molecule has 0 amide bonds. The second-order valence-electron chi connectivity index (χ2n) is 18.8. The van der Waals surface area contributed by atoms with Crippen molar-refractivity contribution in [3.05, 3.63) is 109 Å². The number of aryl methyl sites for hydroxylation is 1. The Kier molecular flexibility index (Phi) is 12.6. The van der Waals surface area contributed by atoms with E-state index >= 15 is 4.39 Å². The van der Waals surface area contributed by atoms with Crippen LogP contribution in [0.3, 0.4) is 0 Å². The number of benzene rings is 4. The predicted molar refractivity (Wildman–Crippen MR) is 254 cm³/mol. The third-order valence-corrected chi connectivity index (χ3v) is 19.0. The highest BCUT2D eigenvalue weighted by Crippen LogP contribution is 2.45. The Bertz CT molecular complexity index is 2490. The van der Waals surface area contributed by atoms with Crippen LogP contribution in [0.2, 0.25) is 5.04 Å². The van der Waals surface area contributed by atoms with Gasteiger partial charge in [0.1, 0.15) is 29.4 Å². The zero-order valence-corrected chi connectivity index (χ0v) is 38.7. The minimum Gasteiger partial charge on any atom is -0.468 e. The molecule has 0 aliphatic carbocycles. The smallest absolute Gasteiger partial charge is 0.319 e. The van der Waals surface area contributed by atoms with Gasteiger partial charge in [-0.05, 0) is 95.4 Å². The van der Waals surface area contributed by atoms with Crippen LogP contribution in [0.1, 0.15) is 84.6 Å². The van der Waals surface area contributed by atoms with Gasteiger partial charge in [-0.25, -0.2) is 4.39 Å². The molecule has 330 valence electrons. The lowest BCUT2D eigenvalue weighted by molar-refractivity contribution is 0.0512. The van der Waals surface area contributed by atoms with Crippen molar-refractivity contribution >= 4 is 46.2 Å². The number of ether oxygens (including phenoxy) is 3. The average Bonchev–Trinajstić information content (AvgIpc) is 3.75. The first-order valence-electron chi connectivity index (χ1n) is 23.1. The van der Waals surface area contributed by atoms with Gasteiger partial charge in [-0.15, -0.1) is 0 Å². The summed E-state index contributed by atoms with van der Waals surface area (Å²) in [5.41, 5.74) is 2.03. The molecule has 9 nitrogen and oxygen atoms in total. The van der Waals surface area contributed by atoms with E-state index in [4.69, 9.17) is 33.6 Å². The molecule has 63 heavy (non-hydrogen) atoms. The van der Waals surface area contributed by atoms with Crippen LogP contribution in [0.25, 0.3) is 32.9 Å². The Labute approximate surface area is 373 Å². The van der Waals surface area contributed by atoms with E-state index < -0.39 is 14.1 Å². The van der Waals surface area contributed by atoms with Gasteiger partial charge in [-0.1, -0.05) is 119 Å². The molecule has 0 N–H and O–H groups in total. The number of aromatic nitrogens is 3. The fraction of sp³-hybridized carbons (Fsp3) is 0.442. The fourth-order valence-corrected chi connectivity index (χ4v) is 15.5. The first-order valence-corrected chi connectivity index (χ1v) is 25.0. The molecule has 6 aromatic rings. The summed E-state index contributed by atoms with van der Waals surface area (Å²) in [5, 5.41) is 4.98. The van der Waals surface area contributed by atoms with Crippen molar-refractivity contribution in [3.63, 3.8) is 0 Å². The molecule has 0 saturated carbocycles. The van der Waals surface area contributed by atoms with Gasteiger partial charge in [0.15, 0.2) is 12.6 Å². The number of methoxy groups -OCH3 is 1. The van der Waals surface area contributed by atoms with Crippen LogP contribution in [-0.4, -0.2) is 86.5 Å². The first-order chi connectivity index (χ1) is 30.7. The van der Waals surface area contributed by atoms with Crippen LogP contribution in [0.4, 0.5) is 10.2 Å². The molecule has 4 aromatic carbocycles. The van der Waals surface area contributed by atoms with Crippen molar-refractivity contribution < 1.29 is 23.0 Å². The number of rotatable bonds is 14. The van der Waals surface area contributed by atoms with Gasteiger partial charge in [0.25, 0.3) is 8.32 Å². The summed E-state index contributed by atoms with van der Waals surface area (Å²) in [4.78, 5) is 19.8. The molecule has 3 saturated heterocycles. The van der Waals surface area contributed by atoms with Crippen molar-refractivity contribution in [2.24, 2.45) is 0 Å². The Morgan fingerprint density at radius 3 is 2.24 bits per heavy atom. The normalized spacial score (nSPS) is 19.7. The molecule has 0 spiro atoms. The predicted octanol–water partition coefficient (Wildman–Crippen LogP) is 9.86. The van der Waals surface area contributed by atoms with Gasteiger partial charge >= 0.3 is 6.01 Å². The fourth-order valence-electron chi connectivity index (χ4n) is 10.9. The van der Waals surface area contributed by atoms with Crippen LogP contribution in [0.15, 0.2) is 97.2 Å². The lowest BCUT2D eigenvalue weighted by atomic mass is 9.95. The highest BCUT2D eigenvalue weighted by molar-refractivity contribution is 6.99. The maximum absolute atomic E-state index is 17.5. The van der Waals surface area contributed by atoms with Crippen molar-refractivity contribution in [3.8, 4) is 23.0 Å². The molecule has 0 bridgehead atoms. The molecular formula is C52H62FN5O4Si. The molecule has 0 radical (unpaired) electrons. The summed E-state index contributed by atoms with van der Waals surface area (Å²) < 4.78 is 43.0. The van der Waals surface area contributed by atoms with Gasteiger partial charge in [0, 0.05) is 38.0 Å². The zero-order valence-electron chi connectivity index (χ0n) is 37.7. The Hall–Kier alpha value is -4.94. The van der Waals surface area contributed by atoms with E-state index in [1.807, 2.05) is 24.3 Å². The van der Waals surface area contributed by atoms with E-state index in [-0.39, 0.29) is 40.6 Å². The monoisotopic (exact) mass is 867 g/mol. The summed E-state index contributed by atoms with van der Waals surface area (Å²) in [6.07, 6.45) is 11.1. The van der Waals surface area contributed by atoms with Crippen LogP contribution >= 0.6 is 0 Å². The van der Waals surface area contributed by atoms with Gasteiger partial charge in [-0.3, -0.25) is 9.88 Å². The Morgan fingerprint density at radius 2 is 1.56 bits per heavy atom. The number of halogens is 1. The van der Waals surface area contributed by atoms with Crippen molar-refractivity contribution in [1.82, 2.24) is 19.9 Å². The largest absolute Gasteiger partial charge is 0.468 e. The lowest BCUT2D eigenvalue weighted by Crippen LogP contribution is -2.67. The Morgan fingerprint density at radius 1 is 0.825 bits per heavy atom. The zero-order chi connectivity index (χ0) is 43.6. The number of fused-ring (bicyclic) bond motifs is 3. The van der Waals surface area contributed by atoms with Gasteiger partial charge < -0.3 is 23.5 Å². The van der Waals surface area contributed by atoms with E-state index in [0.717, 1.165) is 93.8 Å². The lowest BCUT2D eigenvalue weighted by Gasteiger charge is -2.44.